The van der Waals surface area contributed by atoms with Crippen molar-refractivity contribution in [1.29, 1.82) is 0 Å². The highest BCUT2D eigenvalue weighted by molar-refractivity contribution is 5.79. The summed E-state index contributed by atoms with van der Waals surface area (Å²) in [5, 5.41) is 10.2. The van der Waals surface area contributed by atoms with Gasteiger partial charge in [-0.25, -0.2) is 4.63 Å². The van der Waals surface area contributed by atoms with Crippen molar-refractivity contribution in [3.63, 3.8) is 0 Å². The van der Waals surface area contributed by atoms with Gasteiger partial charge >= 0.3 is 0 Å². The van der Waals surface area contributed by atoms with Crippen LogP contribution in [0.25, 0.3) is 0 Å². The molecule has 0 spiro atoms. The first-order valence-electron chi connectivity index (χ1n) is 7.50. The van der Waals surface area contributed by atoms with Crippen LogP contribution in [0.15, 0.2) is 28.9 Å². The number of carbonyl (C=O) groups is 1. The number of benzene rings is 1. The van der Waals surface area contributed by atoms with E-state index in [1.807, 2.05) is 6.07 Å². The van der Waals surface area contributed by atoms with Gasteiger partial charge in [0.25, 0.3) is 5.88 Å². The zero-order valence-electron chi connectivity index (χ0n) is 12.5. The van der Waals surface area contributed by atoms with Crippen LogP contribution in [0.2, 0.25) is 0 Å². The minimum Gasteiger partial charge on any atom is -0.472 e. The van der Waals surface area contributed by atoms with Crippen molar-refractivity contribution in [3.8, 4) is 5.88 Å². The van der Waals surface area contributed by atoms with E-state index in [0.29, 0.717) is 24.7 Å². The number of hydrogen-bond donors (Lipinski definition) is 1. The maximum atomic E-state index is 12.2. The minimum absolute atomic E-state index is 0.0466. The smallest absolute Gasteiger partial charge is 0.278 e. The topological polar surface area (TPSA) is 77.2 Å². The molecular weight excluding hydrogens is 282 g/mol. The fourth-order valence-electron chi connectivity index (χ4n) is 2.74. The summed E-state index contributed by atoms with van der Waals surface area (Å²) in [6.45, 7) is 2.55. The van der Waals surface area contributed by atoms with Crippen molar-refractivity contribution in [3.05, 3.63) is 41.1 Å². The van der Waals surface area contributed by atoms with Gasteiger partial charge in [-0.15, -0.1) is 0 Å². The molecule has 0 bridgehead atoms. The molecule has 1 aromatic heterocycles. The molecule has 0 saturated heterocycles. The van der Waals surface area contributed by atoms with Crippen LogP contribution in [-0.2, 0) is 17.6 Å². The Hall–Kier alpha value is -2.37. The van der Waals surface area contributed by atoms with Gasteiger partial charge in [-0.05, 0) is 42.5 Å². The molecule has 1 aromatic carbocycles. The second kappa shape index (κ2) is 6.60. The van der Waals surface area contributed by atoms with Crippen LogP contribution in [0.4, 0.5) is 0 Å². The SMILES string of the molecule is Cc1nonc1OCCNC(=O)[C@H]1CCc2ccccc2C1. The van der Waals surface area contributed by atoms with Gasteiger partial charge < -0.3 is 10.1 Å². The highest BCUT2D eigenvalue weighted by Crippen LogP contribution is 2.25. The summed E-state index contributed by atoms with van der Waals surface area (Å²) in [5.74, 6) is 0.513. The van der Waals surface area contributed by atoms with Crippen LogP contribution in [0, 0.1) is 12.8 Å². The zero-order chi connectivity index (χ0) is 15.4. The molecule has 6 nitrogen and oxygen atoms in total. The lowest BCUT2D eigenvalue weighted by Crippen LogP contribution is -2.36. The molecule has 1 heterocycles. The van der Waals surface area contributed by atoms with E-state index in [1.165, 1.54) is 11.1 Å². The lowest BCUT2D eigenvalue weighted by molar-refractivity contribution is -0.125. The van der Waals surface area contributed by atoms with Gasteiger partial charge in [-0.1, -0.05) is 29.4 Å². The maximum absolute atomic E-state index is 12.2. The van der Waals surface area contributed by atoms with E-state index in [2.05, 4.69) is 38.5 Å². The molecule has 3 rings (SSSR count). The van der Waals surface area contributed by atoms with Crippen LogP contribution >= 0.6 is 0 Å². The van der Waals surface area contributed by atoms with E-state index >= 15 is 0 Å². The summed E-state index contributed by atoms with van der Waals surface area (Å²) in [4.78, 5) is 12.2. The molecule has 22 heavy (non-hydrogen) atoms. The number of nitrogens with zero attached hydrogens (tertiary/aromatic N) is 2. The first kappa shape index (κ1) is 14.6. The lowest BCUT2D eigenvalue weighted by atomic mass is 9.83. The highest BCUT2D eigenvalue weighted by Gasteiger charge is 2.24. The average molecular weight is 301 g/mol. The standard InChI is InChI=1S/C16H19N3O3/c1-11-16(19-22-18-11)21-9-8-17-15(20)14-7-6-12-4-2-3-5-13(12)10-14/h2-5,14H,6-10H2,1H3,(H,17,20)/t14-/m0/s1. The van der Waals surface area contributed by atoms with Gasteiger partial charge in [-0.2, -0.15) is 0 Å². The number of hydrogen-bond acceptors (Lipinski definition) is 5. The number of fused-ring (bicyclic) bond motifs is 1. The minimum atomic E-state index is 0.0466. The Kier molecular flexibility index (Phi) is 4.37. The molecule has 0 unspecified atom stereocenters. The number of rotatable bonds is 5. The summed E-state index contributed by atoms with van der Waals surface area (Å²) in [7, 11) is 0. The second-order valence-electron chi connectivity index (χ2n) is 5.50. The Morgan fingerprint density at radius 1 is 1.36 bits per heavy atom. The third-order valence-electron chi connectivity index (χ3n) is 3.97. The van der Waals surface area contributed by atoms with Crippen molar-refractivity contribution in [2.45, 2.75) is 26.2 Å². The van der Waals surface area contributed by atoms with Crippen LogP contribution in [0.1, 0.15) is 23.2 Å². The molecule has 0 fully saturated rings. The highest BCUT2D eigenvalue weighted by atomic mass is 16.6. The molecule has 1 aliphatic carbocycles. The van der Waals surface area contributed by atoms with Gasteiger partial charge in [0.05, 0.1) is 6.54 Å². The van der Waals surface area contributed by atoms with Crippen LogP contribution < -0.4 is 10.1 Å². The number of aryl methyl sites for hydroxylation is 2. The van der Waals surface area contributed by atoms with Gasteiger partial charge in [0, 0.05) is 5.92 Å². The van der Waals surface area contributed by atoms with Gasteiger partial charge in [0.2, 0.25) is 5.91 Å². The molecule has 0 saturated carbocycles. The number of ether oxygens (including phenoxy) is 1. The number of amides is 1. The summed E-state index contributed by atoms with van der Waals surface area (Å²) in [5.41, 5.74) is 3.26. The predicted molar refractivity (Wildman–Crippen MR) is 79.5 cm³/mol. The third kappa shape index (κ3) is 3.27. The quantitative estimate of drug-likeness (QED) is 0.850. The molecule has 0 aliphatic heterocycles. The Morgan fingerprint density at radius 3 is 2.95 bits per heavy atom. The zero-order valence-corrected chi connectivity index (χ0v) is 12.5. The van der Waals surface area contributed by atoms with E-state index in [-0.39, 0.29) is 11.8 Å². The molecule has 0 radical (unpaired) electrons. The van der Waals surface area contributed by atoms with Gasteiger partial charge in [-0.3, -0.25) is 4.79 Å². The summed E-state index contributed by atoms with van der Waals surface area (Å²) < 4.78 is 9.93. The Labute approximate surface area is 128 Å². The third-order valence-corrected chi connectivity index (χ3v) is 3.97. The number of carbonyl (C=O) groups excluding carboxylic acids is 1. The molecule has 2 aromatic rings. The van der Waals surface area contributed by atoms with Crippen molar-refractivity contribution < 1.29 is 14.2 Å². The molecular formula is C16H19N3O3. The molecule has 1 N–H and O–H groups in total. The van der Waals surface area contributed by atoms with Crippen LogP contribution in [0.5, 0.6) is 5.88 Å². The van der Waals surface area contributed by atoms with E-state index in [4.69, 9.17) is 4.74 Å². The predicted octanol–water partition coefficient (Wildman–Crippen LogP) is 1.68. The van der Waals surface area contributed by atoms with Crippen molar-refractivity contribution in [2.24, 2.45) is 5.92 Å². The largest absolute Gasteiger partial charge is 0.472 e. The van der Waals surface area contributed by atoms with Crippen molar-refractivity contribution in [2.75, 3.05) is 13.2 Å². The van der Waals surface area contributed by atoms with Gasteiger partial charge in [0.1, 0.15) is 12.3 Å². The Balaban J connectivity index is 1.44. The fraction of sp³-hybridized carbons (Fsp3) is 0.438. The van der Waals surface area contributed by atoms with Crippen molar-refractivity contribution in [1.82, 2.24) is 15.6 Å². The first-order valence-corrected chi connectivity index (χ1v) is 7.50. The van der Waals surface area contributed by atoms with Crippen molar-refractivity contribution >= 4 is 5.91 Å². The molecule has 116 valence electrons. The van der Waals surface area contributed by atoms with E-state index < -0.39 is 0 Å². The number of nitrogens with one attached hydrogen (secondary N) is 1. The fourth-order valence-corrected chi connectivity index (χ4v) is 2.74. The maximum Gasteiger partial charge on any atom is 0.278 e. The Morgan fingerprint density at radius 2 is 2.18 bits per heavy atom. The Bertz CT molecular complexity index is 654. The summed E-state index contributed by atoms with van der Waals surface area (Å²) in [6.07, 6.45) is 2.68. The molecule has 1 atom stereocenters. The molecule has 1 amide bonds. The average Bonchev–Trinajstić information content (AvgIpc) is 2.96. The summed E-state index contributed by atoms with van der Waals surface area (Å²) in [6, 6.07) is 8.34. The summed E-state index contributed by atoms with van der Waals surface area (Å²) >= 11 is 0. The van der Waals surface area contributed by atoms with Gasteiger partial charge in [0.15, 0.2) is 0 Å². The lowest BCUT2D eigenvalue weighted by Gasteiger charge is -2.23. The van der Waals surface area contributed by atoms with E-state index in [0.717, 1.165) is 19.3 Å². The molecule has 1 aliphatic rings. The monoisotopic (exact) mass is 301 g/mol. The van der Waals surface area contributed by atoms with E-state index in [1.54, 1.807) is 6.92 Å². The van der Waals surface area contributed by atoms with Crippen LogP contribution in [-0.4, -0.2) is 29.4 Å². The molecule has 6 heteroatoms. The first-order chi connectivity index (χ1) is 10.7. The normalized spacial score (nSPS) is 16.9. The van der Waals surface area contributed by atoms with E-state index in [9.17, 15) is 4.79 Å². The number of aromatic nitrogens is 2. The second-order valence-corrected chi connectivity index (χ2v) is 5.50. The van der Waals surface area contributed by atoms with Crippen LogP contribution in [0.3, 0.4) is 0 Å².